The molecule has 1 aromatic carbocycles. The smallest absolute Gasteiger partial charge is 0.221 e. The van der Waals surface area contributed by atoms with Gasteiger partial charge in [-0.05, 0) is 24.1 Å². The molecular formula is C13H20FNO. The summed E-state index contributed by atoms with van der Waals surface area (Å²) >= 11 is 0. The van der Waals surface area contributed by atoms with Crippen molar-refractivity contribution in [1.82, 2.24) is 0 Å². The lowest BCUT2D eigenvalue weighted by Gasteiger charge is -2.04. The lowest BCUT2D eigenvalue weighted by molar-refractivity contribution is -0.117. The van der Waals surface area contributed by atoms with Crippen LogP contribution in [0.15, 0.2) is 24.8 Å². The number of hydrogen-bond acceptors (Lipinski definition) is 1. The third kappa shape index (κ3) is 4.26. The Morgan fingerprint density at radius 2 is 2.06 bits per heavy atom. The Balaban J connectivity index is 0. The molecule has 0 atom stereocenters. The molecule has 0 radical (unpaired) electrons. The van der Waals surface area contributed by atoms with Crippen LogP contribution in [0.4, 0.5) is 4.39 Å². The molecule has 2 N–H and O–H groups in total. The number of allylic oxidation sites excluding steroid dienone is 1. The van der Waals surface area contributed by atoms with Crippen LogP contribution in [0.3, 0.4) is 0 Å². The summed E-state index contributed by atoms with van der Waals surface area (Å²) in [6, 6.07) is 4.60. The molecule has 0 spiro atoms. The Morgan fingerprint density at radius 1 is 1.50 bits per heavy atom. The summed E-state index contributed by atoms with van der Waals surface area (Å²) in [4.78, 5) is 10.6. The van der Waals surface area contributed by atoms with E-state index in [-0.39, 0.29) is 13.7 Å². The number of benzene rings is 1. The van der Waals surface area contributed by atoms with E-state index in [9.17, 15) is 9.18 Å². The fourth-order valence-corrected chi connectivity index (χ4v) is 1.22. The Hall–Kier alpha value is -1.64. The molecule has 0 aliphatic rings. The minimum absolute atomic E-state index is 0. The largest absolute Gasteiger partial charge is 0.369 e. The van der Waals surface area contributed by atoms with Crippen molar-refractivity contribution in [3.8, 4) is 0 Å². The Bertz CT molecular complexity index is 391. The molecule has 1 amide bonds. The molecule has 1 rings (SSSR count). The van der Waals surface area contributed by atoms with Crippen LogP contribution in [-0.2, 0) is 11.2 Å². The summed E-state index contributed by atoms with van der Waals surface area (Å²) in [5, 5.41) is 0. The van der Waals surface area contributed by atoms with Crippen LogP contribution >= 0.6 is 0 Å². The van der Waals surface area contributed by atoms with E-state index >= 15 is 0 Å². The molecule has 0 saturated carbocycles. The van der Waals surface area contributed by atoms with E-state index < -0.39 is 5.91 Å². The van der Waals surface area contributed by atoms with Gasteiger partial charge in [0, 0.05) is 6.99 Å². The third-order valence-corrected chi connectivity index (χ3v) is 1.87. The van der Waals surface area contributed by atoms with Crippen LogP contribution in [0.1, 0.15) is 33.3 Å². The first-order chi connectivity index (χ1) is 7.50. The van der Waals surface area contributed by atoms with Gasteiger partial charge in [0.2, 0.25) is 5.91 Å². The maximum atomic E-state index is 13.3. The van der Waals surface area contributed by atoms with Crippen molar-refractivity contribution < 1.29 is 10.6 Å². The molecule has 0 fully saturated rings. The Kier molecular flexibility index (Phi) is 6.08. The highest BCUT2D eigenvalue weighted by molar-refractivity contribution is 5.76. The molecule has 3 heteroatoms. The first kappa shape index (κ1) is 14.4. The lowest BCUT2D eigenvalue weighted by atomic mass is 10.0. The predicted molar refractivity (Wildman–Crippen MR) is 67.5 cm³/mol. The second-order valence-corrected chi connectivity index (χ2v) is 3.24. The van der Waals surface area contributed by atoms with E-state index in [4.69, 9.17) is 5.73 Å². The highest BCUT2D eigenvalue weighted by Gasteiger charge is 2.05. The first-order valence-electron chi connectivity index (χ1n) is 5.23. The molecule has 0 aliphatic heterocycles. The molecule has 16 heavy (non-hydrogen) atoms. The van der Waals surface area contributed by atoms with E-state index in [1.165, 1.54) is 6.07 Å². The van der Waals surface area contributed by atoms with Gasteiger partial charge in [-0.15, -0.1) is 0 Å². The van der Waals surface area contributed by atoms with Gasteiger partial charge in [0.25, 0.3) is 0 Å². The van der Waals surface area contributed by atoms with Gasteiger partial charge in [-0.25, -0.2) is 4.39 Å². The first-order valence-corrected chi connectivity index (χ1v) is 5.23. The average molecular weight is 225 g/mol. The maximum absolute atomic E-state index is 13.3. The summed E-state index contributed by atoms with van der Waals surface area (Å²) in [5.41, 5.74) is 6.71. The Labute approximate surface area is 97.5 Å². The number of rotatable bonds is 3. The van der Waals surface area contributed by atoms with Crippen LogP contribution < -0.4 is 5.73 Å². The van der Waals surface area contributed by atoms with Gasteiger partial charge in [-0.1, -0.05) is 32.6 Å². The van der Waals surface area contributed by atoms with Crippen molar-refractivity contribution in [2.45, 2.75) is 27.2 Å². The van der Waals surface area contributed by atoms with E-state index in [2.05, 4.69) is 6.58 Å². The van der Waals surface area contributed by atoms with Gasteiger partial charge in [0.15, 0.2) is 0 Å². The second kappa shape index (κ2) is 6.77. The highest BCUT2D eigenvalue weighted by Crippen LogP contribution is 2.17. The van der Waals surface area contributed by atoms with Crippen LogP contribution in [0.5, 0.6) is 0 Å². The molecule has 0 bridgehead atoms. The standard InChI is InChI=1S/C11H12FNO.C2H6.H2/c1-7(2)9-4-3-8(5-10(9)12)6-11(13)14;1-2;/h3-5H,1,6H2,2H3,(H2,13,14);1-2H3;1H. The monoisotopic (exact) mass is 225 g/mol. The van der Waals surface area contributed by atoms with Crippen LogP contribution in [0.25, 0.3) is 5.57 Å². The normalized spacial score (nSPS) is 9.00. The third-order valence-electron chi connectivity index (χ3n) is 1.87. The molecule has 1 aromatic rings. The SMILES string of the molecule is C=C(C)c1ccc(CC(N)=O)cc1F.CC.[HH]. The van der Waals surface area contributed by atoms with Gasteiger partial charge in [-0.3, -0.25) is 4.79 Å². The van der Waals surface area contributed by atoms with Gasteiger partial charge in [0.1, 0.15) is 5.82 Å². The molecule has 2 nitrogen and oxygen atoms in total. The highest BCUT2D eigenvalue weighted by atomic mass is 19.1. The topological polar surface area (TPSA) is 43.1 Å². The molecule has 0 saturated heterocycles. The van der Waals surface area contributed by atoms with Gasteiger partial charge >= 0.3 is 0 Å². The van der Waals surface area contributed by atoms with Crippen molar-refractivity contribution in [2.24, 2.45) is 5.73 Å². The summed E-state index contributed by atoms with van der Waals surface area (Å²) in [7, 11) is 0. The second-order valence-electron chi connectivity index (χ2n) is 3.24. The minimum atomic E-state index is -0.465. The van der Waals surface area contributed by atoms with E-state index in [1.54, 1.807) is 19.1 Å². The molecule has 0 aromatic heterocycles. The summed E-state index contributed by atoms with van der Waals surface area (Å²) in [5.74, 6) is -0.830. The minimum Gasteiger partial charge on any atom is -0.369 e. The summed E-state index contributed by atoms with van der Waals surface area (Å²) in [6.07, 6.45) is 0.0629. The number of amides is 1. The number of primary amides is 1. The van der Waals surface area contributed by atoms with Crippen molar-refractivity contribution in [3.05, 3.63) is 41.7 Å². The van der Waals surface area contributed by atoms with Gasteiger partial charge in [-0.2, -0.15) is 0 Å². The van der Waals surface area contributed by atoms with Crippen molar-refractivity contribution in [2.75, 3.05) is 0 Å². The van der Waals surface area contributed by atoms with E-state index in [0.717, 1.165) is 0 Å². The molecule has 0 unspecified atom stereocenters. The molecule has 0 heterocycles. The van der Waals surface area contributed by atoms with Crippen molar-refractivity contribution in [1.29, 1.82) is 0 Å². The fourth-order valence-electron chi connectivity index (χ4n) is 1.22. The van der Waals surface area contributed by atoms with Crippen LogP contribution in [-0.4, -0.2) is 5.91 Å². The average Bonchev–Trinajstić information content (AvgIpc) is 2.19. The summed E-state index contributed by atoms with van der Waals surface area (Å²) < 4.78 is 13.3. The van der Waals surface area contributed by atoms with Crippen molar-refractivity contribution >= 4 is 11.5 Å². The van der Waals surface area contributed by atoms with Crippen LogP contribution in [0, 0.1) is 5.82 Å². The van der Waals surface area contributed by atoms with E-state index in [0.29, 0.717) is 16.7 Å². The zero-order valence-corrected chi connectivity index (χ0v) is 10.0. The lowest BCUT2D eigenvalue weighted by Crippen LogP contribution is -2.13. The molecular weight excluding hydrogens is 205 g/mol. The Morgan fingerprint density at radius 3 is 2.44 bits per heavy atom. The molecule has 90 valence electrons. The van der Waals surface area contributed by atoms with Gasteiger partial charge < -0.3 is 5.73 Å². The summed E-state index contributed by atoms with van der Waals surface area (Å²) in [6.45, 7) is 9.37. The maximum Gasteiger partial charge on any atom is 0.221 e. The van der Waals surface area contributed by atoms with Gasteiger partial charge in [0.05, 0.1) is 6.42 Å². The quantitative estimate of drug-likeness (QED) is 0.843. The van der Waals surface area contributed by atoms with Crippen LogP contribution in [0.2, 0.25) is 0 Å². The van der Waals surface area contributed by atoms with E-state index in [1.807, 2.05) is 13.8 Å². The number of hydrogen-bond donors (Lipinski definition) is 1. The van der Waals surface area contributed by atoms with Crippen molar-refractivity contribution in [3.63, 3.8) is 0 Å². The number of carbonyl (C=O) groups excluding carboxylic acids is 1. The fraction of sp³-hybridized carbons (Fsp3) is 0.308. The zero-order chi connectivity index (χ0) is 12.7. The number of carbonyl (C=O) groups is 1. The molecule has 0 aliphatic carbocycles. The zero-order valence-electron chi connectivity index (χ0n) is 10.0. The number of halogens is 1. The predicted octanol–water partition coefficient (Wildman–Crippen LogP) is 3.16. The number of nitrogens with two attached hydrogens (primary N) is 1.